The van der Waals surface area contributed by atoms with Gasteiger partial charge in [0, 0.05) is 31.7 Å². The quantitative estimate of drug-likeness (QED) is 0.458. The number of hydrogen-bond acceptors (Lipinski definition) is 3. The normalized spacial score (nSPS) is 14.7. The van der Waals surface area contributed by atoms with Gasteiger partial charge in [-0.15, -0.1) is 13.2 Å². The minimum atomic E-state index is -4.70. The van der Waals surface area contributed by atoms with E-state index in [1.807, 2.05) is 6.92 Å². The lowest BCUT2D eigenvalue weighted by molar-refractivity contribution is -0.274. The van der Waals surface area contributed by atoms with Crippen molar-refractivity contribution in [2.75, 3.05) is 19.7 Å². The summed E-state index contributed by atoms with van der Waals surface area (Å²) < 4.78 is 40.4. The summed E-state index contributed by atoms with van der Waals surface area (Å²) in [4.78, 5) is 4.50. The molecule has 3 N–H and O–H groups in total. The standard InChI is InChI=1S/C18H28F3N3O2/c1-4-13(3)24-17(22-5-2)23-11-15(12-25)10-14-6-8-16(9-7-14)26-18(19,20)21/h6-9,13,15,25H,4-5,10-12H2,1-3H3,(H2,22,23,24). The number of halogens is 3. The van der Waals surface area contributed by atoms with Crippen molar-refractivity contribution in [3.05, 3.63) is 29.8 Å². The Hall–Kier alpha value is -1.96. The molecule has 0 amide bonds. The maximum atomic E-state index is 12.2. The molecule has 148 valence electrons. The molecule has 0 aliphatic rings. The molecule has 1 aromatic rings. The van der Waals surface area contributed by atoms with Gasteiger partial charge in [-0.3, -0.25) is 4.99 Å². The topological polar surface area (TPSA) is 65.9 Å². The second-order valence-corrected chi connectivity index (χ2v) is 6.12. The van der Waals surface area contributed by atoms with Crippen molar-refractivity contribution >= 4 is 5.96 Å². The first-order valence-corrected chi connectivity index (χ1v) is 8.77. The first-order valence-electron chi connectivity index (χ1n) is 8.77. The average molecular weight is 375 g/mol. The third-order valence-electron chi connectivity index (χ3n) is 3.79. The number of ether oxygens (including phenoxy) is 1. The highest BCUT2D eigenvalue weighted by Crippen LogP contribution is 2.23. The maximum Gasteiger partial charge on any atom is 0.573 e. The van der Waals surface area contributed by atoms with Crippen LogP contribution in [0.1, 0.15) is 32.8 Å². The predicted octanol–water partition coefficient (Wildman–Crippen LogP) is 3.09. The molecular formula is C18H28F3N3O2. The number of guanidine groups is 1. The Labute approximate surface area is 152 Å². The number of alkyl halides is 3. The molecule has 0 saturated carbocycles. The Kier molecular flexibility index (Phi) is 9.26. The highest BCUT2D eigenvalue weighted by atomic mass is 19.4. The van der Waals surface area contributed by atoms with Crippen molar-refractivity contribution in [2.45, 2.75) is 46.0 Å². The number of aliphatic hydroxyl groups excluding tert-OH is 1. The molecule has 0 spiro atoms. The molecule has 1 aromatic carbocycles. The third-order valence-corrected chi connectivity index (χ3v) is 3.79. The number of aliphatic hydroxyl groups is 1. The average Bonchev–Trinajstić information content (AvgIpc) is 2.58. The summed E-state index contributed by atoms with van der Waals surface area (Å²) in [5.74, 6) is 0.304. The van der Waals surface area contributed by atoms with Crippen molar-refractivity contribution in [1.82, 2.24) is 10.6 Å². The van der Waals surface area contributed by atoms with Crippen LogP contribution in [0.25, 0.3) is 0 Å². The molecule has 0 radical (unpaired) electrons. The van der Waals surface area contributed by atoms with E-state index < -0.39 is 6.36 Å². The van der Waals surface area contributed by atoms with E-state index in [4.69, 9.17) is 0 Å². The summed E-state index contributed by atoms with van der Waals surface area (Å²) in [5.41, 5.74) is 0.814. The van der Waals surface area contributed by atoms with Gasteiger partial charge in [0.2, 0.25) is 0 Å². The minimum Gasteiger partial charge on any atom is -0.406 e. The minimum absolute atomic E-state index is 0.0625. The van der Waals surface area contributed by atoms with E-state index in [2.05, 4.69) is 34.2 Å². The fourth-order valence-corrected chi connectivity index (χ4v) is 2.22. The number of rotatable bonds is 9. The molecule has 0 fully saturated rings. The number of nitrogens with zero attached hydrogens (tertiary/aromatic N) is 1. The van der Waals surface area contributed by atoms with Gasteiger partial charge in [-0.05, 0) is 44.4 Å². The zero-order valence-electron chi connectivity index (χ0n) is 15.4. The number of hydrogen-bond donors (Lipinski definition) is 3. The van der Waals surface area contributed by atoms with Crippen LogP contribution in [-0.4, -0.2) is 43.2 Å². The number of nitrogens with one attached hydrogen (secondary N) is 2. The van der Waals surface area contributed by atoms with Crippen molar-refractivity contribution in [3.63, 3.8) is 0 Å². The third kappa shape index (κ3) is 8.94. The monoisotopic (exact) mass is 375 g/mol. The van der Waals surface area contributed by atoms with E-state index in [9.17, 15) is 18.3 Å². The first-order chi connectivity index (χ1) is 12.3. The molecule has 0 aliphatic carbocycles. The van der Waals surface area contributed by atoms with Crippen LogP contribution in [0.5, 0.6) is 5.75 Å². The Bertz CT molecular complexity index is 548. The van der Waals surface area contributed by atoms with Crippen LogP contribution in [0, 0.1) is 5.92 Å². The molecule has 0 aromatic heterocycles. The Morgan fingerprint density at radius 3 is 2.38 bits per heavy atom. The fourth-order valence-electron chi connectivity index (χ4n) is 2.22. The van der Waals surface area contributed by atoms with Crippen molar-refractivity contribution in [1.29, 1.82) is 0 Å². The van der Waals surface area contributed by atoms with Gasteiger partial charge in [-0.1, -0.05) is 19.1 Å². The summed E-state index contributed by atoms with van der Waals surface area (Å²) in [6, 6.07) is 5.96. The molecule has 0 saturated heterocycles. The molecule has 0 bridgehead atoms. The first kappa shape index (κ1) is 22.1. The van der Waals surface area contributed by atoms with E-state index in [0.29, 0.717) is 18.9 Å². The molecule has 0 heterocycles. The SMILES string of the molecule is CCNC(=NCC(CO)Cc1ccc(OC(F)(F)F)cc1)NC(C)CC. The molecule has 1 rings (SSSR count). The van der Waals surface area contributed by atoms with Crippen LogP contribution >= 0.6 is 0 Å². The van der Waals surface area contributed by atoms with Crippen LogP contribution in [0.15, 0.2) is 29.3 Å². The summed E-state index contributed by atoms with van der Waals surface area (Å²) in [7, 11) is 0. The lowest BCUT2D eigenvalue weighted by Gasteiger charge is -2.18. The molecular weight excluding hydrogens is 347 g/mol. The van der Waals surface area contributed by atoms with Gasteiger partial charge in [-0.2, -0.15) is 0 Å². The Morgan fingerprint density at radius 1 is 1.23 bits per heavy atom. The predicted molar refractivity (Wildman–Crippen MR) is 96.3 cm³/mol. The van der Waals surface area contributed by atoms with Gasteiger partial charge >= 0.3 is 6.36 Å². The largest absolute Gasteiger partial charge is 0.573 e. The summed E-state index contributed by atoms with van der Waals surface area (Å²) in [6.07, 6.45) is -3.23. The molecule has 2 unspecified atom stereocenters. The van der Waals surface area contributed by atoms with Crippen molar-refractivity contribution in [2.24, 2.45) is 10.9 Å². The van der Waals surface area contributed by atoms with Gasteiger partial charge in [-0.25, -0.2) is 0 Å². The molecule has 26 heavy (non-hydrogen) atoms. The zero-order chi connectivity index (χ0) is 19.6. The fraction of sp³-hybridized carbons (Fsp3) is 0.611. The van der Waals surface area contributed by atoms with Crippen LogP contribution in [0.2, 0.25) is 0 Å². The summed E-state index contributed by atoms with van der Waals surface area (Å²) in [6.45, 7) is 7.18. The van der Waals surface area contributed by atoms with Gasteiger partial charge in [0.1, 0.15) is 5.75 Å². The van der Waals surface area contributed by atoms with Gasteiger partial charge in [0.05, 0.1) is 0 Å². The highest BCUT2D eigenvalue weighted by Gasteiger charge is 2.30. The zero-order valence-corrected chi connectivity index (χ0v) is 15.4. The Balaban J connectivity index is 2.66. The van der Waals surface area contributed by atoms with E-state index in [0.717, 1.165) is 18.5 Å². The van der Waals surface area contributed by atoms with Gasteiger partial charge < -0.3 is 20.5 Å². The lowest BCUT2D eigenvalue weighted by atomic mass is 10.0. The second kappa shape index (κ2) is 10.9. The molecule has 0 aliphatic heterocycles. The number of benzene rings is 1. The van der Waals surface area contributed by atoms with E-state index in [1.54, 1.807) is 12.1 Å². The summed E-state index contributed by atoms with van der Waals surface area (Å²) in [5, 5.41) is 16.0. The summed E-state index contributed by atoms with van der Waals surface area (Å²) >= 11 is 0. The van der Waals surface area contributed by atoms with E-state index >= 15 is 0 Å². The van der Waals surface area contributed by atoms with Crippen LogP contribution in [0.3, 0.4) is 0 Å². The molecule has 8 heteroatoms. The molecule has 2 atom stereocenters. The van der Waals surface area contributed by atoms with E-state index in [-0.39, 0.29) is 24.3 Å². The highest BCUT2D eigenvalue weighted by molar-refractivity contribution is 5.80. The maximum absolute atomic E-state index is 12.2. The van der Waals surface area contributed by atoms with Gasteiger partial charge in [0.25, 0.3) is 0 Å². The van der Waals surface area contributed by atoms with Crippen LogP contribution in [-0.2, 0) is 6.42 Å². The van der Waals surface area contributed by atoms with Crippen molar-refractivity contribution < 1.29 is 23.0 Å². The number of aliphatic imine (C=N–C) groups is 1. The smallest absolute Gasteiger partial charge is 0.406 e. The Morgan fingerprint density at radius 2 is 1.88 bits per heavy atom. The van der Waals surface area contributed by atoms with Crippen molar-refractivity contribution in [3.8, 4) is 5.75 Å². The molecule has 5 nitrogen and oxygen atoms in total. The lowest BCUT2D eigenvalue weighted by Crippen LogP contribution is -2.42. The van der Waals surface area contributed by atoms with Crippen LogP contribution < -0.4 is 15.4 Å². The second-order valence-electron chi connectivity index (χ2n) is 6.12. The van der Waals surface area contributed by atoms with E-state index in [1.165, 1.54) is 12.1 Å². The van der Waals surface area contributed by atoms with Crippen LogP contribution in [0.4, 0.5) is 13.2 Å². The van der Waals surface area contributed by atoms with Gasteiger partial charge in [0.15, 0.2) is 5.96 Å².